The van der Waals surface area contributed by atoms with E-state index in [1.165, 1.54) is 6.92 Å². The van der Waals surface area contributed by atoms with Crippen molar-refractivity contribution in [2.75, 3.05) is 46.4 Å². The number of Topliss-reactive ketones (excluding diaryl/α,β-unsaturated/α-hetero) is 1. The Balaban J connectivity index is 1.76. The second-order valence-electron chi connectivity index (χ2n) is 4.93. The number of piperazine rings is 1. The standard InChI is InChI=1S/C14H21N3O2/c1-12(18)14-11-13(3-4-15-14)19-10-9-17-7-5-16(2)6-8-17/h3-4,11H,5-10H2,1-2H3. The molecule has 0 N–H and O–H groups in total. The molecule has 1 aromatic rings. The third-order valence-corrected chi connectivity index (χ3v) is 3.36. The van der Waals surface area contributed by atoms with Gasteiger partial charge in [-0.15, -0.1) is 0 Å². The summed E-state index contributed by atoms with van der Waals surface area (Å²) in [4.78, 5) is 19.9. The van der Waals surface area contributed by atoms with Crippen LogP contribution >= 0.6 is 0 Å². The molecule has 0 bridgehead atoms. The first-order chi connectivity index (χ1) is 9.15. The molecule has 2 heterocycles. The molecule has 0 amide bonds. The van der Waals surface area contributed by atoms with Gasteiger partial charge in [0.05, 0.1) is 0 Å². The van der Waals surface area contributed by atoms with Crippen molar-refractivity contribution >= 4 is 5.78 Å². The summed E-state index contributed by atoms with van der Waals surface area (Å²) in [7, 11) is 2.15. The van der Waals surface area contributed by atoms with Gasteiger partial charge in [0.2, 0.25) is 0 Å². The van der Waals surface area contributed by atoms with Crippen LogP contribution in [0.5, 0.6) is 5.75 Å². The van der Waals surface area contributed by atoms with E-state index in [1.54, 1.807) is 18.3 Å². The fourth-order valence-electron chi connectivity index (χ4n) is 2.06. The Kier molecular flexibility index (Phi) is 4.87. The van der Waals surface area contributed by atoms with Gasteiger partial charge in [0.15, 0.2) is 5.78 Å². The summed E-state index contributed by atoms with van der Waals surface area (Å²) in [5.74, 6) is 0.679. The highest BCUT2D eigenvalue weighted by Crippen LogP contribution is 2.11. The monoisotopic (exact) mass is 263 g/mol. The van der Waals surface area contributed by atoms with Gasteiger partial charge in [-0.05, 0) is 13.1 Å². The van der Waals surface area contributed by atoms with Gasteiger partial charge in [-0.1, -0.05) is 0 Å². The number of aromatic nitrogens is 1. The van der Waals surface area contributed by atoms with Gasteiger partial charge in [-0.3, -0.25) is 14.7 Å². The van der Waals surface area contributed by atoms with Gasteiger partial charge in [0.1, 0.15) is 18.1 Å². The summed E-state index contributed by atoms with van der Waals surface area (Å²) in [5.41, 5.74) is 0.456. The van der Waals surface area contributed by atoms with Crippen molar-refractivity contribution in [1.82, 2.24) is 14.8 Å². The van der Waals surface area contributed by atoms with Gasteiger partial charge in [0, 0.05) is 51.9 Å². The molecule has 0 radical (unpaired) electrons. The molecule has 1 aliphatic heterocycles. The van der Waals surface area contributed by atoms with E-state index in [1.807, 2.05) is 0 Å². The Hall–Kier alpha value is -1.46. The van der Waals surface area contributed by atoms with Crippen LogP contribution in [0.3, 0.4) is 0 Å². The van der Waals surface area contributed by atoms with Crippen LogP contribution in [0.1, 0.15) is 17.4 Å². The van der Waals surface area contributed by atoms with Crippen LogP contribution < -0.4 is 4.74 Å². The van der Waals surface area contributed by atoms with Gasteiger partial charge < -0.3 is 9.64 Å². The molecule has 19 heavy (non-hydrogen) atoms. The zero-order valence-corrected chi connectivity index (χ0v) is 11.6. The number of carbonyl (C=O) groups excluding carboxylic acids is 1. The largest absolute Gasteiger partial charge is 0.492 e. The first kappa shape index (κ1) is 14.0. The molecule has 1 saturated heterocycles. The molecule has 2 rings (SSSR count). The van der Waals surface area contributed by atoms with Crippen molar-refractivity contribution in [2.45, 2.75) is 6.92 Å². The molecule has 0 aromatic carbocycles. The molecule has 0 atom stereocenters. The van der Waals surface area contributed by atoms with Crippen LogP contribution in [-0.4, -0.2) is 66.9 Å². The van der Waals surface area contributed by atoms with Gasteiger partial charge >= 0.3 is 0 Å². The minimum absolute atomic E-state index is 0.0375. The van der Waals surface area contributed by atoms with E-state index in [9.17, 15) is 4.79 Å². The van der Waals surface area contributed by atoms with E-state index in [4.69, 9.17) is 4.74 Å². The lowest BCUT2D eigenvalue weighted by atomic mass is 10.2. The molecule has 1 fully saturated rings. The molecular weight excluding hydrogens is 242 g/mol. The highest BCUT2D eigenvalue weighted by Gasteiger charge is 2.13. The number of ether oxygens (including phenoxy) is 1. The first-order valence-corrected chi connectivity index (χ1v) is 6.66. The predicted octanol–water partition coefficient (Wildman–Crippen LogP) is 0.910. The summed E-state index contributed by atoms with van der Waals surface area (Å²) in [6.07, 6.45) is 1.61. The van der Waals surface area contributed by atoms with E-state index in [-0.39, 0.29) is 5.78 Å². The molecule has 5 nitrogen and oxygen atoms in total. The number of nitrogens with zero attached hydrogens (tertiary/aromatic N) is 3. The number of likely N-dealkylation sites (N-methyl/N-ethyl adjacent to an activating group) is 1. The molecule has 1 aromatic heterocycles. The Labute approximate surface area is 114 Å². The highest BCUT2D eigenvalue weighted by molar-refractivity contribution is 5.92. The van der Waals surface area contributed by atoms with Gasteiger partial charge in [0.25, 0.3) is 0 Å². The topological polar surface area (TPSA) is 45.7 Å². The van der Waals surface area contributed by atoms with Gasteiger partial charge in [-0.25, -0.2) is 0 Å². The Morgan fingerprint density at radius 1 is 1.37 bits per heavy atom. The zero-order valence-electron chi connectivity index (χ0n) is 11.6. The molecular formula is C14H21N3O2. The fraction of sp³-hybridized carbons (Fsp3) is 0.571. The van der Waals surface area contributed by atoms with Crippen LogP contribution in [-0.2, 0) is 0 Å². The van der Waals surface area contributed by atoms with Crippen molar-refractivity contribution in [3.05, 3.63) is 24.0 Å². The normalized spacial score (nSPS) is 17.4. The van der Waals surface area contributed by atoms with Gasteiger partial charge in [-0.2, -0.15) is 0 Å². The fourth-order valence-corrected chi connectivity index (χ4v) is 2.06. The van der Waals surface area contributed by atoms with E-state index in [2.05, 4.69) is 21.8 Å². The lowest BCUT2D eigenvalue weighted by molar-refractivity contribution is 0.101. The number of ketones is 1. The van der Waals surface area contributed by atoms with E-state index < -0.39 is 0 Å². The minimum atomic E-state index is -0.0375. The molecule has 104 valence electrons. The maximum absolute atomic E-state index is 11.2. The molecule has 0 aliphatic carbocycles. The second kappa shape index (κ2) is 6.63. The maximum atomic E-state index is 11.2. The van der Waals surface area contributed by atoms with Crippen LogP contribution in [0.4, 0.5) is 0 Å². The van der Waals surface area contributed by atoms with E-state index in [0.717, 1.165) is 32.7 Å². The maximum Gasteiger partial charge on any atom is 0.178 e. The van der Waals surface area contributed by atoms with Crippen LogP contribution in [0, 0.1) is 0 Å². The number of pyridine rings is 1. The molecule has 0 spiro atoms. The van der Waals surface area contributed by atoms with Crippen molar-refractivity contribution in [3.8, 4) is 5.75 Å². The molecule has 0 saturated carbocycles. The summed E-state index contributed by atoms with van der Waals surface area (Å²) in [6.45, 7) is 7.49. The third kappa shape index (κ3) is 4.29. The van der Waals surface area contributed by atoms with Crippen molar-refractivity contribution < 1.29 is 9.53 Å². The lowest BCUT2D eigenvalue weighted by Crippen LogP contribution is -2.45. The van der Waals surface area contributed by atoms with Crippen LogP contribution in [0.25, 0.3) is 0 Å². The smallest absolute Gasteiger partial charge is 0.178 e. The average Bonchev–Trinajstić information content (AvgIpc) is 2.41. The molecule has 0 unspecified atom stereocenters. The lowest BCUT2D eigenvalue weighted by Gasteiger charge is -2.32. The summed E-state index contributed by atoms with van der Waals surface area (Å²) < 4.78 is 5.68. The zero-order chi connectivity index (χ0) is 13.7. The summed E-state index contributed by atoms with van der Waals surface area (Å²) >= 11 is 0. The quantitative estimate of drug-likeness (QED) is 0.739. The Bertz CT molecular complexity index is 428. The second-order valence-corrected chi connectivity index (χ2v) is 4.93. The highest BCUT2D eigenvalue weighted by atomic mass is 16.5. The summed E-state index contributed by atoms with van der Waals surface area (Å²) in [6, 6.07) is 3.49. The van der Waals surface area contributed by atoms with Crippen molar-refractivity contribution in [3.63, 3.8) is 0 Å². The van der Waals surface area contributed by atoms with Crippen LogP contribution in [0.2, 0.25) is 0 Å². The Morgan fingerprint density at radius 3 is 2.79 bits per heavy atom. The van der Waals surface area contributed by atoms with E-state index >= 15 is 0 Å². The SMILES string of the molecule is CC(=O)c1cc(OCCN2CCN(C)CC2)ccn1. The molecule has 1 aliphatic rings. The third-order valence-electron chi connectivity index (χ3n) is 3.36. The first-order valence-electron chi connectivity index (χ1n) is 6.66. The average molecular weight is 263 g/mol. The number of rotatable bonds is 5. The molecule has 5 heteroatoms. The minimum Gasteiger partial charge on any atom is -0.492 e. The number of carbonyl (C=O) groups is 1. The number of hydrogen-bond donors (Lipinski definition) is 0. The summed E-state index contributed by atoms with van der Waals surface area (Å²) in [5, 5.41) is 0. The number of hydrogen-bond acceptors (Lipinski definition) is 5. The Morgan fingerprint density at radius 2 is 2.11 bits per heavy atom. The van der Waals surface area contributed by atoms with Crippen molar-refractivity contribution in [1.29, 1.82) is 0 Å². The predicted molar refractivity (Wildman–Crippen MR) is 73.7 cm³/mol. The van der Waals surface area contributed by atoms with E-state index in [0.29, 0.717) is 18.1 Å². The van der Waals surface area contributed by atoms with Crippen LogP contribution in [0.15, 0.2) is 18.3 Å². The van der Waals surface area contributed by atoms with Crippen molar-refractivity contribution in [2.24, 2.45) is 0 Å².